The number of carbonyl (C=O) groups excluding carboxylic acids is 1. The first-order chi connectivity index (χ1) is 6.89. The second kappa shape index (κ2) is 3.48. The average Bonchev–Trinajstić information content (AvgIpc) is 2.41. The number of hydrogen-bond donors (Lipinski definition) is 1. The number of rotatable bonds is 0. The largest absolute Gasteiger partial charge is 0.460 e. The summed E-state index contributed by atoms with van der Waals surface area (Å²) in [6.07, 6.45) is 2.03. The molecule has 0 amide bonds. The summed E-state index contributed by atoms with van der Waals surface area (Å²) < 4.78 is 5.15. The van der Waals surface area contributed by atoms with Gasteiger partial charge in [0.25, 0.3) is 0 Å². The third-order valence-corrected chi connectivity index (χ3v) is 3.97. The van der Waals surface area contributed by atoms with E-state index in [0.717, 1.165) is 19.3 Å². The van der Waals surface area contributed by atoms with E-state index in [1.165, 1.54) is 0 Å². The molecule has 0 unspecified atom stereocenters. The molecule has 86 valence electrons. The minimum Gasteiger partial charge on any atom is -0.460 e. The molecule has 2 rings (SSSR count). The Balaban J connectivity index is 2.08. The smallest absolute Gasteiger partial charge is 0.335 e. The second-order valence-electron chi connectivity index (χ2n) is 5.96. The van der Waals surface area contributed by atoms with Crippen molar-refractivity contribution in [2.24, 2.45) is 17.3 Å². The molecule has 0 aromatic heterocycles. The molecule has 1 aliphatic heterocycles. The molecule has 0 bridgehead atoms. The maximum absolute atomic E-state index is 11.2. The molecule has 3 heteroatoms. The van der Waals surface area contributed by atoms with Crippen LogP contribution in [0.25, 0.3) is 0 Å². The molecule has 2 fully saturated rings. The van der Waals surface area contributed by atoms with Crippen molar-refractivity contribution in [3.05, 3.63) is 0 Å². The maximum Gasteiger partial charge on any atom is 0.335 e. The Kier molecular flexibility index (Phi) is 2.53. The highest BCUT2D eigenvalue weighted by Gasteiger charge is 2.48. The van der Waals surface area contributed by atoms with Gasteiger partial charge >= 0.3 is 5.97 Å². The molecule has 0 aromatic carbocycles. The Morgan fingerprint density at radius 3 is 2.60 bits per heavy atom. The maximum atomic E-state index is 11.2. The van der Waals surface area contributed by atoms with Crippen LogP contribution in [0.1, 0.15) is 40.0 Å². The Bertz CT molecular complexity index is 267. The summed E-state index contributed by atoms with van der Waals surface area (Å²) >= 11 is 0. The SMILES string of the molecule is CC(C)(C)[C@H]1CC[C@H]2OC(=O)[C@@H](O)[C@H]2C1. The Labute approximate surface area is 90.8 Å². The zero-order chi connectivity index (χ0) is 11.2. The standard InChI is InChI=1S/C12H20O3/c1-12(2,3)7-4-5-9-8(6-7)10(13)11(14)15-9/h7-10,13H,4-6H2,1-3H3/t7-,8-,9+,10-/m0/s1. The van der Waals surface area contributed by atoms with Crippen LogP contribution < -0.4 is 0 Å². The summed E-state index contributed by atoms with van der Waals surface area (Å²) in [5.74, 6) is 0.206. The summed E-state index contributed by atoms with van der Waals surface area (Å²) in [4.78, 5) is 11.2. The minimum atomic E-state index is -0.875. The van der Waals surface area contributed by atoms with Gasteiger partial charge in [-0.2, -0.15) is 0 Å². The summed E-state index contributed by atoms with van der Waals surface area (Å²) in [6, 6.07) is 0. The van der Waals surface area contributed by atoms with E-state index >= 15 is 0 Å². The number of aliphatic hydroxyl groups is 1. The molecule has 1 saturated heterocycles. The lowest BCUT2D eigenvalue weighted by Crippen LogP contribution is -2.36. The fourth-order valence-electron chi connectivity index (χ4n) is 2.84. The quantitative estimate of drug-likeness (QED) is 0.622. The zero-order valence-electron chi connectivity index (χ0n) is 9.69. The lowest BCUT2D eigenvalue weighted by molar-refractivity contribution is -0.147. The molecule has 0 spiro atoms. The number of fused-ring (bicyclic) bond motifs is 1. The van der Waals surface area contributed by atoms with Crippen molar-refractivity contribution in [2.45, 2.75) is 52.2 Å². The Morgan fingerprint density at radius 1 is 1.33 bits per heavy atom. The van der Waals surface area contributed by atoms with Crippen LogP contribution in [0.4, 0.5) is 0 Å². The molecule has 1 saturated carbocycles. The van der Waals surface area contributed by atoms with Gasteiger partial charge in [-0.1, -0.05) is 20.8 Å². The van der Waals surface area contributed by atoms with Crippen LogP contribution in [0.5, 0.6) is 0 Å². The fraction of sp³-hybridized carbons (Fsp3) is 0.917. The summed E-state index contributed by atoms with van der Waals surface area (Å²) in [6.45, 7) is 6.67. The fourth-order valence-corrected chi connectivity index (χ4v) is 2.84. The van der Waals surface area contributed by atoms with Gasteiger partial charge in [0.05, 0.1) is 0 Å². The van der Waals surface area contributed by atoms with Crippen LogP contribution in [-0.4, -0.2) is 23.3 Å². The lowest BCUT2D eigenvalue weighted by atomic mass is 9.67. The summed E-state index contributed by atoms with van der Waals surface area (Å²) in [7, 11) is 0. The molecule has 3 nitrogen and oxygen atoms in total. The monoisotopic (exact) mass is 212 g/mol. The van der Waals surface area contributed by atoms with E-state index in [4.69, 9.17) is 4.74 Å². The van der Waals surface area contributed by atoms with Gasteiger partial charge in [-0.05, 0) is 30.6 Å². The van der Waals surface area contributed by atoms with Crippen LogP contribution in [0.3, 0.4) is 0 Å². The summed E-state index contributed by atoms with van der Waals surface area (Å²) in [5.41, 5.74) is 0.260. The number of esters is 1. The summed E-state index contributed by atoms with van der Waals surface area (Å²) in [5, 5.41) is 9.70. The van der Waals surface area contributed by atoms with Gasteiger partial charge in [-0.25, -0.2) is 4.79 Å². The van der Waals surface area contributed by atoms with Crippen LogP contribution in [0, 0.1) is 17.3 Å². The van der Waals surface area contributed by atoms with Crippen LogP contribution in [0.2, 0.25) is 0 Å². The first-order valence-electron chi connectivity index (χ1n) is 5.78. The van der Waals surface area contributed by atoms with Crippen LogP contribution >= 0.6 is 0 Å². The molecule has 15 heavy (non-hydrogen) atoms. The Morgan fingerprint density at radius 2 is 2.00 bits per heavy atom. The highest BCUT2D eigenvalue weighted by atomic mass is 16.6. The molecule has 0 aromatic rings. The normalized spacial score (nSPS) is 41.2. The van der Waals surface area contributed by atoms with Crippen LogP contribution in [-0.2, 0) is 9.53 Å². The minimum absolute atomic E-state index is 0.0221. The molecule has 0 radical (unpaired) electrons. The number of hydrogen-bond acceptors (Lipinski definition) is 3. The van der Waals surface area contributed by atoms with E-state index in [9.17, 15) is 9.90 Å². The van der Waals surface area contributed by atoms with Crippen molar-refractivity contribution in [3.63, 3.8) is 0 Å². The molecular formula is C12H20O3. The number of carbonyl (C=O) groups is 1. The van der Waals surface area contributed by atoms with E-state index in [2.05, 4.69) is 20.8 Å². The average molecular weight is 212 g/mol. The molecule has 4 atom stereocenters. The second-order valence-corrected chi connectivity index (χ2v) is 5.96. The van der Waals surface area contributed by atoms with Crippen molar-refractivity contribution in [3.8, 4) is 0 Å². The zero-order valence-corrected chi connectivity index (χ0v) is 9.69. The van der Waals surface area contributed by atoms with Gasteiger partial charge in [0, 0.05) is 5.92 Å². The molecule has 2 aliphatic rings. The van der Waals surface area contributed by atoms with Gasteiger partial charge in [-0.15, -0.1) is 0 Å². The number of aliphatic hydroxyl groups excluding tert-OH is 1. The highest BCUT2D eigenvalue weighted by molar-refractivity contribution is 5.77. The third kappa shape index (κ3) is 1.89. The van der Waals surface area contributed by atoms with Gasteiger partial charge in [0.2, 0.25) is 0 Å². The predicted molar refractivity (Wildman–Crippen MR) is 56.2 cm³/mol. The molecular weight excluding hydrogens is 192 g/mol. The van der Waals surface area contributed by atoms with E-state index in [1.807, 2.05) is 0 Å². The van der Waals surface area contributed by atoms with E-state index < -0.39 is 12.1 Å². The van der Waals surface area contributed by atoms with E-state index in [0.29, 0.717) is 5.92 Å². The first-order valence-corrected chi connectivity index (χ1v) is 5.78. The topological polar surface area (TPSA) is 46.5 Å². The molecule has 1 heterocycles. The van der Waals surface area contributed by atoms with Crippen molar-refractivity contribution in [1.29, 1.82) is 0 Å². The molecule has 1 aliphatic carbocycles. The van der Waals surface area contributed by atoms with Crippen molar-refractivity contribution < 1.29 is 14.6 Å². The number of ether oxygens (including phenoxy) is 1. The molecule has 1 N–H and O–H groups in total. The van der Waals surface area contributed by atoms with E-state index in [1.54, 1.807) is 0 Å². The van der Waals surface area contributed by atoms with Crippen molar-refractivity contribution in [2.75, 3.05) is 0 Å². The van der Waals surface area contributed by atoms with Crippen LogP contribution in [0.15, 0.2) is 0 Å². The van der Waals surface area contributed by atoms with Gasteiger partial charge < -0.3 is 9.84 Å². The van der Waals surface area contributed by atoms with E-state index in [-0.39, 0.29) is 17.4 Å². The lowest BCUT2D eigenvalue weighted by Gasteiger charge is -2.38. The van der Waals surface area contributed by atoms with Gasteiger partial charge in [0.15, 0.2) is 6.10 Å². The van der Waals surface area contributed by atoms with Gasteiger partial charge in [0.1, 0.15) is 6.10 Å². The van der Waals surface area contributed by atoms with Crippen molar-refractivity contribution in [1.82, 2.24) is 0 Å². The van der Waals surface area contributed by atoms with Gasteiger partial charge in [-0.3, -0.25) is 0 Å². The Hall–Kier alpha value is -0.570. The predicted octanol–water partition coefficient (Wildman–Crippen LogP) is 1.74. The third-order valence-electron chi connectivity index (χ3n) is 3.97. The van der Waals surface area contributed by atoms with Crippen molar-refractivity contribution >= 4 is 5.97 Å². The first kappa shape index (κ1) is 10.9. The highest BCUT2D eigenvalue weighted by Crippen LogP contribution is 2.44.